The third-order valence-electron chi connectivity index (χ3n) is 3.51. The van der Waals surface area contributed by atoms with E-state index in [1.54, 1.807) is 0 Å². The highest BCUT2D eigenvalue weighted by molar-refractivity contribution is 5.89. The van der Waals surface area contributed by atoms with Crippen LogP contribution in [0.4, 0.5) is 0 Å². The molecular weight excluding hydrogens is 240 g/mol. The zero-order valence-corrected chi connectivity index (χ0v) is 11.3. The minimum absolute atomic E-state index is 0.134. The van der Waals surface area contributed by atoms with E-state index in [0.29, 0.717) is 25.0 Å². The van der Waals surface area contributed by atoms with Crippen LogP contribution in [0, 0.1) is 5.41 Å². The monoisotopic (exact) mass is 258 g/mol. The molecular formula is C16H18O3. The molecule has 0 N–H and O–H groups in total. The summed E-state index contributed by atoms with van der Waals surface area (Å²) in [6.45, 7) is 3.22. The van der Waals surface area contributed by atoms with E-state index in [4.69, 9.17) is 4.74 Å². The molecule has 0 heterocycles. The molecule has 1 aliphatic rings. The van der Waals surface area contributed by atoms with Crippen molar-refractivity contribution < 1.29 is 14.3 Å². The maximum Gasteiger partial charge on any atom is 0.307 e. The topological polar surface area (TPSA) is 43.4 Å². The van der Waals surface area contributed by atoms with Crippen LogP contribution in [0.5, 0.6) is 0 Å². The van der Waals surface area contributed by atoms with Gasteiger partial charge in [-0.15, -0.1) is 0 Å². The van der Waals surface area contributed by atoms with E-state index in [9.17, 15) is 9.59 Å². The maximum absolute atomic E-state index is 12.3. The lowest BCUT2D eigenvalue weighted by Gasteiger charge is -2.32. The highest BCUT2D eigenvalue weighted by Crippen LogP contribution is 2.38. The summed E-state index contributed by atoms with van der Waals surface area (Å²) in [6, 6.07) is 9.80. The van der Waals surface area contributed by atoms with Crippen molar-refractivity contribution in [3.63, 3.8) is 0 Å². The van der Waals surface area contributed by atoms with E-state index >= 15 is 0 Å². The summed E-state index contributed by atoms with van der Waals surface area (Å²) in [5.74, 6) is 0.260. The number of benzene rings is 1. The number of carbonyl (C=O) groups excluding carboxylic acids is 2. The minimum Gasteiger partial charge on any atom is -0.431 e. The van der Waals surface area contributed by atoms with Gasteiger partial charge in [-0.3, -0.25) is 9.59 Å². The highest BCUT2D eigenvalue weighted by Gasteiger charge is 2.40. The third-order valence-corrected chi connectivity index (χ3v) is 3.51. The zero-order valence-electron chi connectivity index (χ0n) is 11.3. The summed E-state index contributed by atoms with van der Waals surface area (Å²) in [7, 11) is 0. The van der Waals surface area contributed by atoms with Crippen molar-refractivity contribution in [1.29, 1.82) is 0 Å². The van der Waals surface area contributed by atoms with Crippen molar-refractivity contribution >= 4 is 11.8 Å². The molecule has 1 unspecified atom stereocenters. The molecule has 0 saturated carbocycles. The Morgan fingerprint density at radius 3 is 2.63 bits per heavy atom. The molecule has 0 aromatic heterocycles. The van der Waals surface area contributed by atoms with E-state index in [-0.39, 0.29) is 11.8 Å². The minimum atomic E-state index is -0.731. The van der Waals surface area contributed by atoms with Gasteiger partial charge in [0.05, 0.1) is 5.41 Å². The van der Waals surface area contributed by atoms with Gasteiger partial charge in [0.1, 0.15) is 11.5 Å². The Hall–Kier alpha value is -1.90. The Morgan fingerprint density at radius 2 is 2.00 bits per heavy atom. The van der Waals surface area contributed by atoms with Gasteiger partial charge in [0.15, 0.2) is 0 Å². The predicted octanol–water partition coefficient (Wildman–Crippen LogP) is 3.05. The molecule has 0 radical (unpaired) electrons. The summed E-state index contributed by atoms with van der Waals surface area (Å²) in [5, 5.41) is 0. The Morgan fingerprint density at radius 1 is 1.32 bits per heavy atom. The fourth-order valence-electron chi connectivity index (χ4n) is 2.47. The average Bonchev–Trinajstić information content (AvgIpc) is 2.36. The first kappa shape index (κ1) is 13.5. The highest BCUT2D eigenvalue weighted by atomic mass is 16.5. The van der Waals surface area contributed by atoms with Gasteiger partial charge in [-0.2, -0.15) is 0 Å². The quantitative estimate of drug-likeness (QED) is 0.783. The number of Topliss-reactive ketones (excluding diaryl/α,β-unsaturated/α-hetero) is 1. The van der Waals surface area contributed by atoms with Crippen LogP contribution in [-0.2, 0) is 20.7 Å². The lowest BCUT2D eigenvalue weighted by molar-refractivity contribution is -0.141. The van der Waals surface area contributed by atoms with Gasteiger partial charge in [0, 0.05) is 13.3 Å². The molecule has 1 aliphatic carbocycles. The molecule has 0 amide bonds. The van der Waals surface area contributed by atoms with Crippen molar-refractivity contribution in [3.8, 4) is 0 Å². The first-order chi connectivity index (χ1) is 9.02. The molecule has 0 saturated heterocycles. The van der Waals surface area contributed by atoms with Gasteiger partial charge in [-0.1, -0.05) is 30.3 Å². The van der Waals surface area contributed by atoms with Gasteiger partial charge in [0.25, 0.3) is 0 Å². The summed E-state index contributed by atoms with van der Waals surface area (Å²) in [6.07, 6.45) is 3.58. The largest absolute Gasteiger partial charge is 0.431 e. The molecule has 0 fully saturated rings. The van der Waals surface area contributed by atoms with Gasteiger partial charge in [0.2, 0.25) is 0 Å². The third kappa shape index (κ3) is 2.92. The normalized spacial score (nSPS) is 22.8. The van der Waals surface area contributed by atoms with E-state index in [0.717, 1.165) is 5.56 Å². The van der Waals surface area contributed by atoms with Crippen molar-refractivity contribution in [3.05, 3.63) is 47.7 Å². The second kappa shape index (κ2) is 5.39. The van der Waals surface area contributed by atoms with E-state index in [2.05, 4.69) is 0 Å². The fraction of sp³-hybridized carbons (Fsp3) is 0.375. The van der Waals surface area contributed by atoms with Crippen LogP contribution in [0.1, 0.15) is 32.3 Å². The van der Waals surface area contributed by atoms with E-state index in [1.807, 2.05) is 43.3 Å². The van der Waals surface area contributed by atoms with Gasteiger partial charge >= 0.3 is 5.97 Å². The van der Waals surface area contributed by atoms with E-state index < -0.39 is 5.41 Å². The lowest BCUT2D eigenvalue weighted by atomic mass is 9.73. The number of ether oxygens (including phenoxy) is 1. The molecule has 1 aromatic rings. The number of allylic oxidation sites excluding steroid dienone is 2. The first-order valence-electron chi connectivity index (χ1n) is 6.48. The van der Waals surface area contributed by atoms with Gasteiger partial charge in [-0.25, -0.2) is 0 Å². The van der Waals surface area contributed by atoms with Crippen LogP contribution in [0.25, 0.3) is 0 Å². The Kier molecular flexibility index (Phi) is 3.84. The van der Waals surface area contributed by atoms with Gasteiger partial charge in [-0.05, 0) is 31.4 Å². The number of carbonyl (C=O) groups is 2. The van der Waals surface area contributed by atoms with Crippen molar-refractivity contribution in [2.45, 2.75) is 33.1 Å². The summed E-state index contributed by atoms with van der Waals surface area (Å²) >= 11 is 0. The van der Waals surface area contributed by atoms with Crippen LogP contribution < -0.4 is 0 Å². The molecule has 19 heavy (non-hydrogen) atoms. The molecule has 0 aliphatic heterocycles. The fourth-order valence-corrected chi connectivity index (χ4v) is 2.47. The molecule has 1 atom stereocenters. The van der Waals surface area contributed by atoms with Crippen LogP contribution in [0.15, 0.2) is 42.2 Å². The van der Waals surface area contributed by atoms with Crippen molar-refractivity contribution in [2.75, 3.05) is 0 Å². The molecule has 3 nitrogen and oxygen atoms in total. The smallest absolute Gasteiger partial charge is 0.307 e. The first-order valence-corrected chi connectivity index (χ1v) is 6.48. The molecule has 100 valence electrons. The molecule has 0 spiro atoms. The molecule has 1 aromatic carbocycles. The predicted molar refractivity (Wildman–Crippen MR) is 72.3 cm³/mol. The van der Waals surface area contributed by atoms with Crippen molar-refractivity contribution in [1.82, 2.24) is 0 Å². The standard InChI is InChI=1S/C16H18O3/c1-12(17)19-15-10-6-9-14(18)16(15,2)11-13-7-4-3-5-8-13/h3-5,7-8,10H,6,9,11H2,1-2H3. The molecule has 2 rings (SSSR count). The summed E-state index contributed by atoms with van der Waals surface area (Å²) in [5.41, 5.74) is 0.337. The Labute approximate surface area is 113 Å². The van der Waals surface area contributed by atoms with Crippen LogP contribution in [0.2, 0.25) is 0 Å². The Bertz CT molecular complexity index is 516. The number of hydrogen-bond acceptors (Lipinski definition) is 3. The second-order valence-corrected chi connectivity index (χ2v) is 5.12. The number of ketones is 1. The lowest BCUT2D eigenvalue weighted by Crippen LogP contribution is -2.36. The van der Waals surface area contributed by atoms with E-state index in [1.165, 1.54) is 6.92 Å². The second-order valence-electron chi connectivity index (χ2n) is 5.12. The average molecular weight is 258 g/mol. The summed E-state index contributed by atoms with van der Waals surface area (Å²) in [4.78, 5) is 23.5. The zero-order chi connectivity index (χ0) is 13.9. The summed E-state index contributed by atoms with van der Waals surface area (Å²) < 4.78 is 5.25. The van der Waals surface area contributed by atoms with Crippen molar-refractivity contribution in [2.24, 2.45) is 5.41 Å². The van der Waals surface area contributed by atoms with Crippen LogP contribution in [0.3, 0.4) is 0 Å². The van der Waals surface area contributed by atoms with Gasteiger partial charge < -0.3 is 4.74 Å². The van der Waals surface area contributed by atoms with Crippen LogP contribution in [-0.4, -0.2) is 11.8 Å². The number of esters is 1. The van der Waals surface area contributed by atoms with Crippen LogP contribution >= 0.6 is 0 Å². The molecule has 0 bridgehead atoms. The SMILES string of the molecule is CC(=O)OC1=CCCC(=O)C1(C)Cc1ccccc1. The molecule has 3 heteroatoms. The number of hydrogen-bond donors (Lipinski definition) is 0. The number of rotatable bonds is 3. The maximum atomic E-state index is 12.3. The Balaban J connectivity index is 2.30.